The summed E-state index contributed by atoms with van der Waals surface area (Å²) in [6.45, 7) is 8.68. The number of carbonyl (C=O) groups excluding carboxylic acids is 1. The van der Waals surface area contributed by atoms with E-state index in [4.69, 9.17) is 14.2 Å². The molecule has 0 N–H and O–H groups in total. The average molecular weight is 488 g/mol. The second kappa shape index (κ2) is 11.9. The van der Waals surface area contributed by atoms with Gasteiger partial charge in [0, 0.05) is 6.07 Å². The molecule has 0 saturated carbocycles. The zero-order valence-corrected chi connectivity index (χ0v) is 20.9. The predicted molar refractivity (Wildman–Crippen MR) is 138 cm³/mol. The summed E-state index contributed by atoms with van der Waals surface area (Å²) in [5, 5.41) is 11.6. The molecule has 0 unspecified atom stereocenters. The predicted octanol–water partition coefficient (Wildman–Crippen LogP) is 6.70. The Labute approximate surface area is 211 Å². The highest BCUT2D eigenvalue weighted by molar-refractivity contribution is 5.91. The van der Waals surface area contributed by atoms with Crippen LogP contribution in [0.15, 0.2) is 66.7 Å². The molecule has 0 aromatic heterocycles. The van der Waals surface area contributed by atoms with Crippen LogP contribution < -0.4 is 14.2 Å². The summed E-state index contributed by atoms with van der Waals surface area (Å²) in [6, 6.07) is 18.3. The van der Waals surface area contributed by atoms with Crippen LogP contribution in [0.3, 0.4) is 0 Å². The molecule has 36 heavy (non-hydrogen) atoms. The van der Waals surface area contributed by atoms with Crippen LogP contribution in [0.25, 0.3) is 11.1 Å². The van der Waals surface area contributed by atoms with Crippen molar-refractivity contribution in [2.24, 2.45) is 5.41 Å². The smallest absolute Gasteiger partial charge is 0.343 e. The van der Waals surface area contributed by atoms with Crippen LogP contribution in [0, 0.1) is 27.4 Å². The standard InChI is InChI=1S/C29H29NO6/c1-5-6-18-34-24-12-9-22(10-13-24)28(31)36-25-14-7-21(8-15-25)23-11-16-27(26(20-23)30(32)33)35-19-17-29(2,3)4/h7-16,20H,17-19H2,1-4H3. The molecule has 3 rings (SSSR count). The van der Waals surface area contributed by atoms with Crippen molar-refractivity contribution < 1.29 is 23.9 Å². The third kappa shape index (κ3) is 7.60. The summed E-state index contributed by atoms with van der Waals surface area (Å²) in [6.07, 6.45) is 0.776. The number of benzene rings is 3. The maximum atomic E-state index is 12.5. The number of nitro groups is 1. The molecule has 0 aliphatic carbocycles. The fraction of sp³-hybridized carbons (Fsp3) is 0.276. The molecule has 0 saturated heterocycles. The maximum Gasteiger partial charge on any atom is 0.343 e. The van der Waals surface area contributed by atoms with Crippen LogP contribution in [0.2, 0.25) is 0 Å². The van der Waals surface area contributed by atoms with E-state index >= 15 is 0 Å². The van der Waals surface area contributed by atoms with Gasteiger partial charge in [0.25, 0.3) is 0 Å². The van der Waals surface area contributed by atoms with Gasteiger partial charge in [-0.05, 0) is 72.4 Å². The van der Waals surface area contributed by atoms with Crippen LogP contribution in [0.1, 0.15) is 44.5 Å². The molecule has 186 valence electrons. The Morgan fingerprint density at radius 2 is 1.56 bits per heavy atom. The third-order valence-electron chi connectivity index (χ3n) is 5.24. The van der Waals surface area contributed by atoms with Gasteiger partial charge in [0.05, 0.1) is 17.1 Å². The van der Waals surface area contributed by atoms with Crippen molar-refractivity contribution in [3.05, 3.63) is 82.4 Å². The number of carbonyl (C=O) groups is 1. The summed E-state index contributed by atoms with van der Waals surface area (Å²) in [4.78, 5) is 23.6. The van der Waals surface area contributed by atoms with Gasteiger partial charge in [-0.3, -0.25) is 10.1 Å². The summed E-state index contributed by atoms with van der Waals surface area (Å²) in [7, 11) is 0. The van der Waals surface area contributed by atoms with Crippen LogP contribution in [-0.4, -0.2) is 24.1 Å². The molecule has 0 aliphatic rings. The third-order valence-corrected chi connectivity index (χ3v) is 5.24. The minimum Gasteiger partial charge on any atom is -0.487 e. The van der Waals surface area contributed by atoms with E-state index in [0.717, 1.165) is 12.0 Å². The molecule has 0 spiro atoms. The van der Waals surface area contributed by atoms with E-state index in [-0.39, 0.29) is 23.5 Å². The Morgan fingerprint density at radius 3 is 2.17 bits per heavy atom. The lowest BCUT2D eigenvalue weighted by Crippen LogP contribution is -2.11. The zero-order valence-electron chi connectivity index (χ0n) is 20.9. The molecule has 0 amide bonds. The maximum absolute atomic E-state index is 12.5. The Hall–Kier alpha value is -4.31. The highest BCUT2D eigenvalue weighted by atomic mass is 16.6. The summed E-state index contributed by atoms with van der Waals surface area (Å²) in [5.41, 5.74) is 1.76. The second-order valence-corrected chi connectivity index (χ2v) is 9.25. The lowest BCUT2D eigenvalue weighted by molar-refractivity contribution is -0.385. The molecule has 0 radical (unpaired) electrons. The Morgan fingerprint density at radius 1 is 0.917 bits per heavy atom. The van der Waals surface area contributed by atoms with Crippen molar-refractivity contribution in [3.63, 3.8) is 0 Å². The van der Waals surface area contributed by atoms with Crippen molar-refractivity contribution in [1.82, 2.24) is 0 Å². The lowest BCUT2D eigenvalue weighted by atomic mass is 9.93. The topological polar surface area (TPSA) is 87.9 Å². The van der Waals surface area contributed by atoms with E-state index in [1.807, 2.05) is 0 Å². The van der Waals surface area contributed by atoms with Gasteiger partial charge in [0.1, 0.15) is 18.1 Å². The van der Waals surface area contributed by atoms with Crippen molar-refractivity contribution in [2.45, 2.75) is 34.1 Å². The van der Waals surface area contributed by atoms with Crippen molar-refractivity contribution in [2.75, 3.05) is 13.2 Å². The average Bonchev–Trinajstić information content (AvgIpc) is 2.84. The van der Waals surface area contributed by atoms with Crippen molar-refractivity contribution in [1.29, 1.82) is 0 Å². The van der Waals surface area contributed by atoms with E-state index in [0.29, 0.717) is 29.2 Å². The van der Waals surface area contributed by atoms with Gasteiger partial charge in [0.15, 0.2) is 5.75 Å². The van der Waals surface area contributed by atoms with Gasteiger partial charge in [-0.2, -0.15) is 0 Å². The van der Waals surface area contributed by atoms with Crippen LogP contribution in [-0.2, 0) is 0 Å². The molecule has 0 fully saturated rings. The summed E-state index contributed by atoms with van der Waals surface area (Å²) >= 11 is 0. The van der Waals surface area contributed by atoms with E-state index < -0.39 is 10.9 Å². The first kappa shape index (κ1) is 26.3. The van der Waals surface area contributed by atoms with Crippen LogP contribution in [0.5, 0.6) is 17.2 Å². The monoisotopic (exact) mass is 487 g/mol. The molecular formula is C29H29NO6. The Kier molecular flexibility index (Phi) is 8.69. The minimum absolute atomic E-state index is 0.0711. The number of nitrogens with zero attached hydrogens (tertiary/aromatic N) is 1. The van der Waals surface area contributed by atoms with Crippen molar-refractivity contribution in [3.8, 4) is 40.2 Å². The minimum atomic E-state index is -0.505. The normalized spacial score (nSPS) is 10.7. The number of ether oxygens (including phenoxy) is 3. The van der Waals surface area contributed by atoms with Crippen LogP contribution >= 0.6 is 0 Å². The molecular weight excluding hydrogens is 458 g/mol. The highest BCUT2D eigenvalue weighted by Gasteiger charge is 2.18. The number of esters is 1. The Bertz CT molecular complexity index is 1260. The zero-order chi connectivity index (χ0) is 26.1. The van der Waals surface area contributed by atoms with E-state index in [2.05, 4.69) is 32.6 Å². The second-order valence-electron chi connectivity index (χ2n) is 9.25. The van der Waals surface area contributed by atoms with Gasteiger partial charge in [-0.1, -0.05) is 44.9 Å². The molecule has 0 heterocycles. The largest absolute Gasteiger partial charge is 0.487 e. The first-order chi connectivity index (χ1) is 17.2. The first-order valence-corrected chi connectivity index (χ1v) is 11.5. The van der Waals surface area contributed by atoms with E-state index in [1.165, 1.54) is 6.07 Å². The number of rotatable bonds is 9. The quantitative estimate of drug-likeness (QED) is 0.110. The molecule has 7 nitrogen and oxygen atoms in total. The van der Waals surface area contributed by atoms with E-state index in [9.17, 15) is 14.9 Å². The molecule has 0 aliphatic heterocycles. The van der Waals surface area contributed by atoms with Gasteiger partial charge < -0.3 is 14.2 Å². The highest BCUT2D eigenvalue weighted by Crippen LogP contribution is 2.33. The van der Waals surface area contributed by atoms with Gasteiger partial charge in [0.2, 0.25) is 0 Å². The molecule has 3 aromatic rings. The number of hydrogen-bond donors (Lipinski definition) is 0. The van der Waals surface area contributed by atoms with Gasteiger partial charge >= 0.3 is 11.7 Å². The van der Waals surface area contributed by atoms with E-state index in [1.54, 1.807) is 67.6 Å². The SMILES string of the molecule is CC#CCOc1ccc(C(=O)Oc2ccc(-c3ccc(OCCC(C)(C)C)c([N+](=O)[O-])c3)cc2)cc1. The van der Waals surface area contributed by atoms with Crippen LogP contribution in [0.4, 0.5) is 5.69 Å². The summed E-state index contributed by atoms with van der Waals surface area (Å²) in [5.74, 6) is 6.26. The molecule has 0 atom stereocenters. The first-order valence-electron chi connectivity index (χ1n) is 11.5. The van der Waals surface area contributed by atoms with Gasteiger partial charge in [-0.15, -0.1) is 5.92 Å². The summed E-state index contributed by atoms with van der Waals surface area (Å²) < 4.78 is 16.6. The van der Waals surface area contributed by atoms with Gasteiger partial charge in [-0.25, -0.2) is 4.79 Å². The Balaban J connectivity index is 1.66. The fourth-order valence-electron chi connectivity index (χ4n) is 3.19. The number of hydrogen-bond acceptors (Lipinski definition) is 6. The number of nitro benzene ring substituents is 1. The molecule has 3 aromatic carbocycles. The van der Waals surface area contributed by atoms with Crippen molar-refractivity contribution >= 4 is 11.7 Å². The molecule has 7 heteroatoms. The molecule has 0 bridgehead atoms. The fourth-order valence-corrected chi connectivity index (χ4v) is 3.19. The lowest BCUT2D eigenvalue weighted by Gasteiger charge is -2.18.